The Kier molecular flexibility index (Phi) is 9.44. The summed E-state index contributed by atoms with van der Waals surface area (Å²) in [5.74, 6) is 0.597. The summed E-state index contributed by atoms with van der Waals surface area (Å²) in [7, 11) is 1.54. The van der Waals surface area contributed by atoms with E-state index in [1.165, 1.54) is 0 Å². The van der Waals surface area contributed by atoms with Crippen LogP contribution in [0.1, 0.15) is 17.5 Å². The molecule has 2 rings (SSSR count). The van der Waals surface area contributed by atoms with Crippen LogP contribution < -0.4 is 15.8 Å². The number of amides is 1. The Morgan fingerprint density at radius 1 is 1.27 bits per heavy atom. The summed E-state index contributed by atoms with van der Waals surface area (Å²) in [6, 6.07) is 13.1. The van der Waals surface area contributed by atoms with Gasteiger partial charge >= 0.3 is 0 Å². The molecule has 1 atom stereocenters. The summed E-state index contributed by atoms with van der Waals surface area (Å²) in [6.45, 7) is 2.65. The molecule has 1 unspecified atom stereocenters. The van der Waals surface area contributed by atoms with Crippen molar-refractivity contribution in [3.8, 4) is 5.75 Å². The Morgan fingerprint density at radius 2 is 2.04 bits per heavy atom. The fourth-order valence-electron chi connectivity index (χ4n) is 2.33. The molecule has 0 aliphatic rings. The van der Waals surface area contributed by atoms with Crippen LogP contribution in [0, 0.1) is 6.92 Å². The van der Waals surface area contributed by atoms with Crippen molar-refractivity contribution in [2.24, 2.45) is 5.73 Å². The molecule has 2 aromatic rings. The highest BCUT2D eigenvalue weighted by molar-refractivity contribution is 6.30. The minimum Gasteiger partial charge on any atom is -0.489 e. The highest BCUT2D eigenvalue weighted by Gasteiger charge is 2.12. The second kappa shape index (κ2) is 11.0. The third-order valence-electron chi connectivity index (χ3n) is 3.78. The molecular formula is C19H24Cl2N2O3. The molecule has 26 heavy (non-hydrogen) atoms. The lowest BCUT2D eigenvalue weighted by Gasteiger charge is -2.14. The molecule has 0 fully saturated rings. The molecule has 0 bridgehead atoms. The van der Waals surface area contributed by atoms with Gasteiger partial charge in [-0.1, -0.05) is 23.7 Å². The lowest BCUT2D eigenvalue weighted by Crippen LogP contribution is -2.28. The molecule has 0 aliphatic heterocycles. The number of nitrogens with one attached hydrogen (secondary N) is 1. The number of hydrogen-bond acceptors (Lipinski definition) is 4. The van der Waals surface area contributed by atoms with Gasteiger partial charge in [0.1, 0.15) is 12.4 Å². The van der Waals surface area contributed by atoms with Gasteiger partial charge in [-0.2, -0.15) is 0 Å². The topological polar surface area (TPSA) is 73.6 Å². The Bertz CT molecular complexity index is 722. The van der Waals surface area contributed by atoms with Crippen molar-refractivity contribution < 1.29 is 14.3 Å². The van der Waals surface area contributed by atoms with Crippen LogP contribution >= 0.6 is 24.0 Å². The number of anilines is 1. The maximum Gasteiger partial charge on any atom is 0.227 e. The number of rotatable bonds is 8. The van der Waals surface area contributed by atoms with Crippen LogP contribution in [-0.4, -0.2) is 25.7 Å². The molecule has 2 aromatic carbocycles. The fraction of sp³-hybridized carbons (Fsp3) is 0.316. The van der Waals surface area contributed by atoms with Gasteiger partial charge in [0, 0.05) is 24.4 Å². The van der Waals surface area contributed by atoms with E-state index in [4.69, 9.17) is 26.8 Å². The summed E-state index contributed by atoms with van der Waals surface area (Å²) in [4.78, 5) is 12.0. The number of ether oxygens (including phenoxy) is 2. The molecule has 0 saturated heterocycles. The smallest absolute Gasteiger partial charge is 0.227 e. The second-order valence-corrected chi connectivity index (χ2v) is 6.18. The van der Waals surface area contributed by atoms with E-state index in [-0.39, 0.29) is 30.8 Å². The predicted octanol–water partition coefficient (Wildman–Crippen LogP) is 3.95. The van der Waals surface area contributed by atoms with Gasteiger partial charge in [0.05, 0.1) is 12.5 Å². The first kappa shape index (κ1) is 22.3. The number of hydrogen-bond donors (Lipinski definition) is 2. The first-order valence-electron chi connectivity index (χ1n) is 8.02. The van der Waals surface area contributed by atoms with Gasteiger partial charge in [-0.3, -0.25) is 4.79 Å². The van der Waals surface area contributed by atoms with Crippen molar-refractivity contribution >= 4 is 35.6 Å². The molecule has 0 aromatic heterocycles. The minimum absolute atomic E-state index is 0. The van der Waals surface area contributed by atoms with E-state index < -0.39 is 0 Å². The van der Waals surface area contributed by atoms with E-state index in [1.54, 1.807) is 7.11 Å². The van der Waals surface area contributed by atoms with Gasteiger partial charge in [-0.25, -0.2) is 0 Å². The largest absolute Gasteiger partial charge is 0.489 e. The SMILES string of the molecule is COC(CN)CC(=O)Nc1ccc(OCc2cccc(Cl)c2)cc1C.Cl. The summed E-state index contributed by atoms with van der Waals surface area (Å²) >= 11 is 5.97. The number of methoxy groups -OCH3 is 1. The van der Waals surface area contributed by atoms with E-state index in [0.717, 1.165) is 22.6 Å². The summed E-state index contributed by atoms with van der Waals surface area (Å²) in [5, 5.41) is 3.55. The molecule has 0 aliphatic carbocycles. The molecule has 7 heteroatoms. The lowest BCUT2D eigenvalue weighted by atomic mass is 10.1. The van der Waals surface area contributed by atoms with Gasteiger partial charge in [0.25, 0.3) is 0 Å². The van der Waals surface area contributed by atoms with Crippen molar-refractivity contribution in [1.29, 1.82) is 0 Å². The molecular weight excluding hydrogens is 375 g/mol. The van der Waals surface area contributed by atoms with Crippen LogP contribution in [0.25, 0.3) is 0 Å². The average Bonchev–Trinajstić information content (AvgIpc) is 2.60. The second-order valence-electron chi connectivity index (χ2n) is 5.74. The number of carbonyl (C=O) groups is 1. The highest BCUT2D eigenvalue weighted by atomic mass is 35.5. The quantitative estimate of drug-likeness (QED) is 0.705. The summed E-state index contributed by atoms with van der Waals surface area (Å²) in [6.07, 6.45) is -0.0555. The van der Waals surface area contributed by atoms with Crippen LogP contribution in [0.5, 0.6) is 5.75 Å². The molecule has 0 heterocycles. The number of halogens is 2. The van der Waals surface area contributed by atoms with Crippen molar-refractivity contribution in [2.75, 3.05) is 19.0 Å². The fourth-order valence-corrected chi connectivity index (χ4v) is 2.54. The van der Waals surface area contributed by atoms with Crippen molar-refractivity contribution in [2.45, 2.75) is 26.1 Å². The Balaban J connectivity index is 0.00000338. The summed E-state index contributed by atoms with van der Waals surface area (Å²) in [5.41, 5.74) is 8.19. The van der Waals surface area contributed by atoms with Gasteiger partial charge < -0.3 is 20.5 Å². The van der Waals surface area contributed by atoms with Crippen molar-refractivity contribution in [1.82, 2.24) is 0 Å². The van der Waals surface area contributed by atoms with E-state index in [1.807, 2.05) is 49.4 Å². The van der Waals surface area contributed by atoms with E-state index in [2.05, 4.69) is 5.32 Å². The van der Waals surface area contributed by atoms with Crippen molar-refractivity contribution in [3.63, 3.8) is 0 Å². The van der Waals surface area contributed by atoms with Gasteiger partial charge in [0.2, 0.25) is 5.91 Å². The third-order valence-corrected chi connectivity index (χ3v) is 4.01. The van der Waals surface area contributed by atoms with Gasteiger partial charge in [0.15, 0.2) is 0 Å². The first-order chi connectivity index (χ1) is 12.0. The number of benzene rings is 2. The van der Waals surface area contributed by atoms with Crippen molar-refractivity contribution in [3.05, 3.63) is 58.6 Å². The maximum atomic E-state index is 12.0. The van der Waals surface area contributed by atoms with E-state index in [9.17, 15) is 4.79 Å². The van der Waals surface area contributed by atoms with Gasteiger partial charge in [-0.15, -0.1) is 12.4 Å². The Labute approximate surface area is 165 Å². The maximum absolute atomic E-state index is 12.0. The molecule has 1 amide bonds. The third kappa shape index (κ3) is 6.84. The summed E-state index contributed by atoms with van der Waals surface area (Å²) < 4.78 is 10.9. The van der Waals surface area contributed by atoms with Crippen LogP contribution in [0.2, 0.25) is 5.02 Å². The minimum atomic E-state index is -0.277. The monoisotopic (exact) mass is 398 g/mol. The number of aryl methyl sites for hydroxylation is 1. The average molecular weight is 399 g/mol. The van der Waals surface area contributed by atoms with Crippen LogP contribution in [0.4, 0.5) is 5.69 Å². The first-order valence-corrected chi connectivity index (χ1v) is 8.40. The number of carbonyl (C=O) groups excluding carboxylic acids is 1. The lowest BCUT2D eigenvalue weighted by molar-refractivity contribution is -0.118. The molecule has 0 radical (unpaired) electrons. The predicted molar refractivity (Wildman–Crippen MR) is 107 cm³/mol. The van der Waals surface area contributed by atoms with Crippen LogP contribution in [0.3, 0.4) is 0 Å². The normalized spacial score (nSPS) is 11.4. The molecule has 3 N–H and O–H groups in total. The number of nitrogens with two attached hydrogens (primary N) is 1. The standard InChI is InChI=1S/C19H23ClN2O3.ClH/c1-13-8-16(25-12-14-4-3-5-15(20)9-14)6-7-18(13)22-19(23)10-17(11-21)24-2;/h3-9,17H,10-12,21H2,1-2H3,(H,22,23);1H. The highest BCUT2D eigenvalue weighted by Crippen LogP contribution is 2.23. The molecule has 0 spiro atoms. The molecule has 142 valence electrons. The zero-order valence-corrected chi connectivity index (χ0v) is 16.4. The zero-order valence-electron chi connectivity index (χ0n) is 14.8. The Morgan fingerprint density at radius 3 is 2.65 bits per heavy atom. The molecule has 0 saturated carbocycles. The van der Waals surface area contributed by atoms with E-state index >= 15 is 0 Å². The van der Waals surface area contributed by atoms with Gasteiger partial charge in [-0.05, 0) is 48.4 Å². The molecule has 5 nitrogen and oxygen atoms in total. The van der Waals surface area contributed by atoms with E-state index in [0.29, 0.717) is 18.2 Å². The Hall–Kier alpha value is -1.79. The zero-order chi connectivity index (χ0) is 18.2. The van der Waals surface area contributed by atoms with Crippen LogP contribution in [-0.2, 0) is 16.1 Å². The van der Waals surface area contributed by atoms with Crippen LogP contribution in [0.15, 0.2) is 42.5 Å².